The normalized spacial score (nSPS) is 39.0. The zero-order valence-corrected chi connectivity index (χ0v) is 9.63. The van der Waals surface area contributed by atoms with Crippen molar-refractivity contribution in [2.75, 3.05) is 0 Å². The van der Waals surface area contributed by atoms with Gasteiger partial charge in [0.25, 0.3) is 5.91 Å². The summed E-state index contributed by atoms with van der Waals surface area (Å²) in [6, 6.07) is 0. The fraction of sp³-hybridized carbons (Fsp3) is 0.818. The summed E-state index contributed by atoms with van der Waals surface area (Å²) in [7, 11) is 0. The molecule has 1 aliphatic heterocycles. The molecule has 2 aliphatic rings. The van der Waals surface area contributed by atoms with Crippen molar-refractivity contribution in [3.8, 4) is 0 Å². The van der Waals surface area contributed by atoms with Crippen LogP contribution in [-0.2, 0) is 4.79 Å². The molecule has 1 aliphatic carbocycles. The second kappa shape index (κ2) is 2.97. The SMILES string of the molecule is CC1CC(C)(C)CCC12N=C(N)NC2=O. The lowest BCUT2D eigenvalue weighted by Gasteiger charge is -2.42. The van der Waals surface area contributed by atoms with Crippen molar-refractivity contribution in [3.05, 3.63) is 0 Å². The average molecular weight is 209 g/mol. The summed E-state index contributed by atoms with van der Waals surface area (Å²) < 4.78 is 0. The van der Waals surface area contributed by atoms with Crippen LogP contribution in [0, 0.1) is 11.3 Å². The van der Waals surface area contributed by atoms with E-state index in [-0.39, 0.29) is 17.8 Å². The van der Waals surface area contributed by atoms with Crippen LogP contribution >= 0.6 is 0 Å². The third-order valence-corrected chi connectivity index (χ3v) is 3.81. The number of nitrogens with zero attached hydrogens (tertiary/aromatic N) is 1. The van der Waals surface area contributed by atoms with E-state index < -0.39 is 5.54 Å². The molecule has 0 aromatic rings. The molecule has 1 spiro atoms. The Balaban J connectivity index is 2.28. The summed E-state index contributed by atoms with van der Waals surface area (Å²) >= 11 is 0. The van der Waals surface area contributed by atoms with Gasteiger partial charge in [-0.1, -0.05) is 20.8 Å². The van der Waals surface area contributed by atoms with Gasteiger partial charge >= 0.3 is 0 Å². The van der Waals surface area contributed by atoms with E-state index in [0.717, 1.165) is 19.3 Å². The minimum Gasteiger partial charge on any atom is -0.370 e. The topological polar surface area (TPSA) is 67.5 Å². The molecule has 0 bridgehead atoms. The van der Waals surface area contributed by atoms with Gasteiger partial charge in [0.15, 0.2) is 5.96 Å². The minimum absolute atomic E-state index is 0.0111. The predicted molar refractivity (Wildman–Crippen MR) is 59.3 cm³/mol. The molecule has 84 valence electrons. The Hall–Kier alpha value is -1.06. The van der Waals surface area contributed by atoms with Crippen LogP contribution in [-0.4, -0.2) is 17.4 Å². The first-order valence-corrected chi connectivity index (χ1v) is 5.52. The van der Waals surface area contributed by atoms with Crippen molar-refractivity contribution in [1.82, 2.24) is 5.32 Å². The number of amides is 1. The number of nitrogens with two attached hydrogens (primary N) is 1. The molecule has 0 radical (unpaired) electrons. The molecule has 3 N–H and O–H groups in total. The monoisotopic (exact) mass is 209 g/mol. The molecule has 2 atom stereocenters. The van der Waals surface area contributed by atoms with Gasteiger partial charge in [-0.3, -0.25) is 10.1 Å². The standard InChI is InChI=1S/C11H19N3O/c1-7-6-10(2,3)4-5-11(7)8(15)13-9(12)14-11/h7H,4-6H2,1-3H3,(H3,12,13,14,15). The van der Waals surface area contributed by atoms with Crippen molar-refractivity contribution in [1.29, 1.82) is 0 Å². The fourth-order valence-electron chi connectivity index (χ4n) is 2.90. The maximum Gasteiger partial charge on any atom is 0.254 e. The molecule has 0 saturated heterocycles. The molecule has 0 aromatic heterocycles. The highest BCUT2D eigenvalue weighted by molar-refractivity contribution is 6.07. The summed E-state index contributed by atoms with van der Waals surface area (Å²) in [5.74, 6) is 0.539. The predicted octanol–water partition coefficient (Wildman–Crippen LogP) is 1.02. The van der Waals surface area contributed by atoms with E-state index in [1.807, 2.05) is 0 Å². The molecule has 2 unspecified atom stereocenters. The van der Waals surface area contributed by atoms with Crippen LogP contribution in [0.15, 0.2) is 4.99 Å². The maximum absolute atomic E-state index is 11.9. The van der Waals surface area contributed by atoms with Crippen molar-refractivity contribution >= 4 is 11.9 Å². The van der Waals surface area contributed by atoms with Crippen LogP contribution in [0.3, 0.4) is 0 Å². The molecule has 1 heterocycles. The third kappa shape index (κ3) is 1.52. The Morgan fingerprint density at radius 2 is 2.13 bits per heavy atom. The van der Waals surface area contributed by atoms with E-state index in [2.05, 4.69) is 31.1 Å². The Kier molecular flexibility index (Phi) is 2.07. The lowest BCUT2D eigenvalue weighted by molar-refractivity contribution is -0.127. The average Bonchev–Trinajstić information content (AvgIpc) is 2.36. The fourth-order valence-corrected chi connectivity index (χ4v) is 2.90. The number of carbonyl (C=O) groups excluding carboxylic acids is 1. The van der Waals surface area contributed by atoms with E-state index in [1.165, 1.54) is 0 Å². The highest BCUT2D eigenvalue weighted by atomic mass is 16.2. The number of rotatable bonds is 0. The summed E-state index contributed by atoms with van der Waals surface area (Å²) in [6.45, 7) is 6.59. The number of carbonyl (C=O) groups is 1. The van der Waals surface area contributed by atoms with Gasteiger partial charge < -0.3 is 5.73 Å². The van der Waals surface area contributed by atoms with Crippen LogP contribution in [0.25, 0.3) is 0 Å². The van der Waals surface area contributed by atoms with Crippen LogP contribution in [0.1, 0.15) is 40.0 Å². The van der Waals surface area contributed by atoms with Gasteiger partial charge in [0, 0.05) is 0 Å². The minimum atomic E-state index is -0.570. The molecule has 1 saturated carbocycles. The highest BCUT2D eigenvalue weighted by Crippen LogP contribution is 2.46. The van der Waals surface area contributed by atoms with Crippen molar-refractivity contribution < 1.29 is 4.79 Å². The summed E-state index contributed by atoms with van der Waals surface area (Å²) in [5.41, 5.74) is 5.33. The second-order valence-corrected chi connectivity index (χ2v) is 5.64. The maximum atomic E-state index is 11.9. The van der Waals surface area contributed by atoms with Crippen molar-refractivity contribution in [2.24, 2.45) is 22.1 Å². The van der Waals surface area contributed by atoms with Gasteiger partial charge in [-0.2, -0.15) is 0 Å². The van der Waals surface area contributed by atoms with Crippen LogP contribution in [0.4, 0.5) is 0 Å². The first-order valence-electron chi connectivity index (χ1n) is 5.52. The molecule has 0 aromatic carbocycles. The number of guanidine groups is 1. The Labute approximate surface area is 90.3 Å². The van der Waals surface area contributed by atoms with Gasteiger partial charge in [-0.15, -0.1) is 0 Å². The first kappa shape index (κ1) is 10.5. The third-order valence-electron chi connectivity index (χ3n) is 3.81. The Morgan fingerprint density at radius 1 is 1.47 bits per heavy atom. The lowest BCUT2D eigenvalue weighted by Crippen LogP contribution is -2.49. The number of nitrogens with one attached hydrogen (secondary N) is 1. The van der Waals surface area contributed by atoms with Gasteiger partial charge in [0.05, 0.1) is 0 Å². The number of hydrogen-bond donors (Lipinski definition) is 2. The molecule has 2 rings (SSSR count). The number of aliphatic imine (C=N–C) groups is 1. The molecular formula is C11H19N3O. The molecule has 1 amide bonds. The summed E-state index contributed by atoms with van der Waals surface area (Å²) in [5, 5.41) is 2.62. The first-order chi connectivity index (χ1) is 6.86. The van der Waals surface area contributed by atoms with Crippen LogP contribution in [0.2, 0.25) is 0 Å². The van der Waals surface area contributed by atoms with Gasteiger partial charge in [-0.25, -0.2) is 4.99 Å². The highest BCUT2D eigenvalue weighted by Gasteiger charge is 2.51. The zero-order valence-electron chi connectivity index (χ0n) is 9.63. The van der Waals surface area contributed by atoms with Crippen molar-refractivity contribution in [3.63, 3.8) is 0 Å². The quantitative estimate of drug-likeness (QED) is 0.625. The Morgan fingerprint density at radius 3 is 2.60 bits per heavy atom. The summed E-state index contributed by atoms with van der Waals surface area (Å²) in [6.07, 6.45) is 2.87. The Bertz CT molecular complexity index is 335. The van der Waals surface area contributed by atoms with Crippen LogP contribution in [0.5, 0.6) is 0 Å². The van der Waals surface area contributed by atoms with E-state index in [0.29, 0.717) is 5.41 Å². The summed E-state index contributed by atoms with van der Waals surface area (Å²) in [4.78, 5) is 16.2. The van der Waals surface area contributed by atoms with E-state index >= 15 is 0 Å². The van der Waals surface area contributed by atoms with Gasteiger partial charge in [-0.05, 0) is 30.6 Å². The zero-order chi connectivity index (χ0) is 11.3. The van der Waals surface area contributed by atoms with E-state index in [9.17, 15) is 4.79 Å². The van der Waals surface area contributed by atoms with Gasteiger partial charge in [0.1, 0.15) is 5.54 Å². The number of hydrogen-bond acceptors (Lipinski definition) is 3. The smallest absolute Gasteiger partial charge is 0.254 e. The second-order valence-electron chi connectivity index (χ2n) is 5.64. The largest absolute Gasteiger partial charge is 0.370 e. The van der Waals surface area contributed by atoms with Gasteiger partial charge in [0.2, 0.25) is 0 Å². The lowest BCUT2D eigenvalue weighted by atomic mass is 9.64. The van der Waals surface area contributed by atoms with E-state index in [4.69, 9.17) is 5.73 Å². The van der Waals surface area contributed by atoms with E-state index in [1.54, 1.807) is 0 Å². The van der Waals surface area contributed by atoms with Crippen molar-refractivity contribution in [2.45, 2.75) is 45.6 Å². The molecule has 4 nitrogen and oxygen atoms in total. The molecular weight excluding hydrogens is 190 g/mol. The molecule has 4 heteroatoms. The van der Waals surface area contributed by atoms with Crippen LogP contribution < -0.4 is 11.1 Å². The molecule has 15 heavy (non-hydrogen) atoms. The molecule has 1 fully saturated rings.